The Hall–Kier alpha value is -1.47. The van der Waals surface area contributed by atoms with Crippen molar-refractivity contribution in [2.45, 2.75) is 12.8 Å². The van der Waals surface area contributed by atoms with Crippen LogP contribution in [0.2, 0.25) is 0 Å². The van der Waals surface area contributed by atoms with E-state index in [0.29, 0.717) is 23.7 Å². The summed E-state index contributed by atoms with van der Waals surface area (Å²) in [6, 6.07) is 5.28. The number of hydrogen-bond acceptors (Lipinski definition) is 2. The molecule has 1 N–H and O–H groups in total. The summed E-state index contributed by atoms with van der Waals surface area (Å²) in [6.45, 7) is 1.28. The molecule has 0 aliphatic heterocycles. The lowest BCUT2D eigenvalue weighted by atomic mass is 10.1. The second-order valence-electron chi connectivity index (χ2n) is 4.49. The fraction of sp³-hybridized carbons (Fsp3) is 0.357. The molecule has 0 saturated heterocycles. The van der Waals surface area contributed by atoms with E-state index in [1.807, 2.05) is 17.0 Å². The third kappa shape index (κ3) is 3.05. The maximum absolute atomic E-state index is 11.3. The lowest BCUT2D eigenvalue weighted by Gasteiger charge is -2.24. The molecule has 1 aliphatic carbocycles. The smallest absolute Gasteiger partial charge is 0.337 e. The Morgan fingerprint density at radius 3 is 2.83 bits per heavy atom. The number of carboxylic acids is 1. The molecular weight excluding hydrogens is 294 g/mol. The lowest BCUT2D eigenvalue weighted by Crippen LogP contribution is -2.27. The fourth-order valence-electron chi connectivity index (χ4n) is 1.93. The number of carbonyl (C=O) groups is 1. The van der Waals surface area contributed by atoms with Gasteiger partial charge in [-0.25, -0.2) is 4.79 Å². The zero-order chi connectivity index (χ0) is 13.1. The summed E-state index contributed by atoms with van der Waals surface area (Å²) in [5, 5.41) is 9.26. The number of carboxylic acid groups (broad SMARTS) is 1. The van der Waals surface area contributed by atoms with Crippen LogP contribution < -0.4 is 4.90 Å². The van der Waals surface area contributed by atoms with Crippen LogP contribution in [0.15, 0.2) is 22.7 Å². The van der Waals surface area contributed by atoms with Crippen LogP contribution >= 0.6 is 15.9 Å². The summed E-state index contributed by atoms with van der Waals surface area (Å²) in [5.41, 5.74) is 0.996. The monoisotopic (exact) mass is 307 g/mol. The minimum Gasteiger partial charge on any atom is -0.478 e. The first kappa shape index (κ1) is 13.0. The predicted molar refractivity (Wildman–Crippen MR) is 74.9 cm³/mol. The van der Waals surface area contributed by atoms with Gasteiger partial charge in [0, 0.05) is 11.0 Å². The summed E-state index contributed by atoms with van der Waals surface area (Å²) < 4.78 is 0.760. The standard InChI is InChI=1S/C14H14BrNO2/c1-2-7-16(9-10-3-4-10)13-6-5-11(15)8-12(13)14(17)18/h1,5-6,8,10H,3-4,7,9H2,(H,17,18). The van der Waals surface area contributed by atoms with Crippen molar-refractivity contribution in [1.29, 1.82) is 0 Å². The van der Waals surface area contributed by atoms with E-state index in [9.17, 15) is 9.90 Å². The van der Waals surface area contributed by atoms with Gasteiger partial charge >= 0.3 is 5.97 Å². The molecule has 0 radical (unpaired) electrons. The quantitative estimate of drug-likeness (QED) is 0.850. The highest BCUT2D eigenvalue weighted by molar-refractivity contribution is 9.10. The highest BCUT2D eigenvalue weighted by atomic mass is 79.9. The van der Waals surface area contributed by atoms with E-state index >= 15 is 0 Å². The minimum absolute atomic E-state index is 0.292. The van der Waals surface area contributed by atoms with E-state index in [-0.39, 0.29) is 0 Å². The molecule has 1 fully saturated rings. The van der Waals surface area contributed by atoms with Crippen molar-refractivity contribution in [2.75, 3.05) is 18.0 Å². The summed E-state index contributed by atoms with van der Waals surface area (Å²) >= 11 is 3.29. The summed E-state index contributed by atoms with van der Waals surface area (Å²) in [7, 11) is 0. The molecule has 94 valence electrons. The summed E-state index contributed by atoms with van der Waals surface area (Å²) in [6.07, 6.45) is 7.79. The van der Waals surface area contributed by atoms with E-state index in [1.165, 1.54) is 12.8 Å². The van der Waals surface area contributed by atoms with E-state index in [0.717, 1.165) is 11.0 Å². The Bertz CT molecular complexity index is 503. The molecule has 0 spiro atoms. The van der Waals surface area contributed by atoms with Crippen LogP contribution in [0.3, 0.4) is 0 Å². The number of anilines is 1. The molecule has 1 aliphatic rings. The van der Waals surface area contributed by atoms with Gasteiger partial charge in [0.05, 0.1) is 17.8 Å². The van der Waals surface area contributed by atoms with Crippen molar-refractivity contribution in [3.8, 4) is 12.3 Å². The van der Waals surface area contributed by atoms with E-state index in [4.69, 9.17) is 6.42 Å². The zero-order valence-corrected chi connectivity index (χ0v) is 11.5. The zero-order valence-electron chi connectivity index (χ0n) is 9.90. The average molecular weight is 308 g/mol. The van der Waals surface area contributed by atoms with Gasteiger partial charge in [0.2, 0.25) is 0 Å². The Labute approximate surface area is 115 Å². The fourth-order valence-corrected chi connectivity index (χ4v) is 2.29. The molecule has 0 amide bonds. The van der Waals surface area contributed by atoms with Crippen LogP contribution in [0.5, 0.6) is 0 Å². The van der Waals surface area contributed by atoms with E-state index < -0.39 is 5.97 Å². The van der Waals surface area contributed by atoms with Crippen molar-refractivity contribution < 1.29 is 9.90 Å². The molecule has 0 bridgehead atoms. The van der Waals surface area contributed by atoms with Gasteiger partial charge in [-0.15, -0.1) is 6.42 Å². The number of hydrogen-bond donors (Lipinski definition) is 1. The second kappa shape index (κ2) is 5.45. The summed E-state index contributed by atoms with van der Waals surface area (Å²) in [4.78, 5) is 13.3. The minimum atomic E-state index is -0.927. The molecule has 1 aromatic rings. The molecule has 1 saturated carbocycles. The first-order valence-corrected chi connectivity index (χ1v) is 6.62. The van der Waals surface area contributed by atoms with Crippen molar-refractivity contribution in [3.63, 3.8) is 0 Å². The molecule has 0 unspecified atom stereocenters. The Morgan fingerprint density at radius 1 is 1.56 bits per heavy atom. The molecule has 2 rings (SSSR count). The number of terminal acetylenes is 1. The van der Waals surface area contributed by atoms with Crippen LogP contribution in [0.25, 0.3) is 0 Å². The van der Waals surface area contributed by atoms with Crippen LogP contribution in [0.4, 0.5) is 5.69 Å². The van der Waals surface area contributed by atoms with Crippen molar-refractivity contribution in [2.24, 2.45) is 5.92 Å². The maximum atomic E-state index is 11.3. The highest BCUT2D eigenvalue weighted by Crippen LogP contribution is 2.33. The number of nitrogens with zero attached hydrogens (tertiary/aromatic N) is 1. The number of benzene rings is 1. The van der Waals surface area contributed by atoms with Gasteiger partial charge in [0.1, 0.15) is 0 Å². The van der Waals surface area contributed by atoms with Gasteiger partial charge < -0.3 is 10.0 Å². The first-order valence-electron chi connectivity index (χ1n) is 5.83. The van der Waals surface area contributed by atoms with E-state index in [2.05, 4.69) is 21.9 Å². The van der Waals surface area contributed by atoms with Crippen LogP contribution in [-0.4, -0.2) is 24.2 Å². The van der Waals surface area contributed by atoms with Gasteiger partial charge in [-0.2, -0.15) is 0 Å². The van der Waals surface area contributed by atoms with Gasteiger partial charge in [-0.3, -0.25) is 0 Å². The largest absolute Gasteiger partial charge is 0.478 e. The third-order valence-electron chi connectivity index (χ3n) is 2.99. The van der Waals surface area contributed by atoms with E-state index in [1.54, 1.807) is 6.07 Å². The molecule has 0 aromatic heterocycles. The SMILES string of the molecule is C#CCN(CC1CC1)c1ccc(Br)cc1C(=O)O. The topological polar surface area (TPSA) is 40.5 Å². The van der Waals surface area contributed by atoms with Gasteiger partial charge in [-0.1, -0.05) is 21.9 Å². The Balaban J connectivity index is 2.32. The molecule has 0 heterocycles. The number of halogens is 1. The maximum Gasteiger partial charge on any atom is 0.337 e. The van der Waals surface area contributed by atoms with Gasteiger partial charge in [0.15, 0.2) is 0 Å². The highest BCUT2D eigenvalue weighted by Gasteiger charge is 2.26. The Kier molecular flexibility index (Phi) is 3.93. The van der Waals surface area contributed by atoms with Crippen LogP contribution in [-0.2, 0) is 0 Å². The Morgan fingerprint density at radius 2 is 2.28 bits per heavy atom. The molecule has 1 aromatic carbocycles. The van der Waals surface area contributed by atoms with Crippen molar-refractivity contribution >= 4 is 27.6 Å². The summed E-state index contributed by atoms with van der Waals surface area (Å²) in [5.74, 6) is 2.33. The second-order valence-corrected chi connectivity index (χ2v) is 5.41. The first-order chi connectivity index (χ1) is 8.61. The van der Waals surface area contributed by atoms with Crippen LogP contribution in [0.1, 0.15) is 23.2 Å². The molecule has 0 atom stereocenters. The molecular formula is C14H14BrNO2. The number of rotatable bonds is 5. The third-order valence-corrected chi connectivity index (χ3v) is 3.48. The van der Waals surface area contributed by atoms with Crippen LogP contribution in [0, 0.1) is 18.3 Å². The number of aromatic carboxylic acids is 1. The van der Waals surface area contributed by atoms with Gasteiger partial charge in [0.25, 0.3) is 0 Å². The average Bonchev–Trinajstić information content (AvgIpc) is 3.12. The molecule has 4 heteroatoms. The lowest BCUT2D eigenvalue weighted by molar-refractivity contribution is 0.0697. The predicted octanol–water partition coefficient (Wildman–Crippen LogP) is 3.00. The van der Waals surface area contributed by atoms with Crippen molar-refractivity contribution in [3.05, 3.63) is 28.2 Å². The van der Waals surface area contributed by atoms with Gasteiger partial charge in [-0.05, 0) is 37.0 Å². The molecule has 18 heavy (non-hydrogen) atoms. The molecule has 3 nitrogen and oxygen atoms in total. The van der Waals surface area contributed by atoms with Crippen molar-refractivity contribution in [1.82, 2.24) is 0 Å². The normalized spacial score (nSPS) is 14.0.